The van der Waals surface area contributed by atoms with Crippen molar-refractivity contribution < 1.29 is 18.0 Å². The minimum atomic E-state index is -3.85. The molecule has 1 aromatic heterocycles. The van der Waals surface area contributed by atoms with E-state index in [1.165, 1.54) is 18.3 Å². The van der Waals surface area contributed by atoms with Crippen LogP contribution < -0.4 is 11.3 Å². The summed E-state index contributed by atoms with van der Waals surface area (Å²) in [6, 6.07) is 2.95. The number of nitrogens with zero attached hydrogens (tertiary/aromatic N) is 2. The van der Waals surface area contributed by atoms with Gasteiger partial charge in [-0.3, -0.25) is 15.0 Å². The highest BCUT2D eigenvalue weighted by Crippen LogP contribution is 2.28. The molecule has 0 saturated heterocycles. The number of carbonyl (C=O) groups excluding carboxylic acids is 2. The van der Waals surface area contributed by atoms with Crippen LogP contribution in [-0.2, 0) is 14.8 Å². The molecular formula is C11H14N4O4S. The summed E-state index contributed by atoms with van der Waals surface area (Å²) in [7, 11) is -3.85. The zero-order valence-electron chi connectivity index (χ0n) is 10.6. The number of unbranched alkanes of at least 4 members (excludes halogenated alkanes) is 1. The third-order valence-corrected chi connectivity index (χ3v) is 4.68. The molecule has 2 amide bonds. The van der Waals surface area contributed by atoms with E-state index in [1.807, 2.05) is 5.43 Å². The molecule has 2 heterocycles. The molecule has 0 unspecified atom stereocenters. The predicted octanol–water partition coefficient (Wildman–Crippen LogP) is -0.614. The molecule has 9 heteroatoms. The van der Waals surface area contributed by atoms with Crippen LogP contribution in [0.1, 0.15) is 29.6 Å². The van der Waals surface area contributed by atoms with Crippen LogP contribution in [-0.4, -0.2) is 36.1 Å². The summed E-state index contributed by atoms with van der Waals surface area (Å²) in [5.41, 5.74) is 2.07. The van der Waals surface area contributed by atoms with Crippen LogP contribution in [0.3, 0.4) is 0 Å². The van der Waals surface area contributed by atoms with E-state index in [9.17, 15) is 18.0 Å². The second kappa shape index (κ2) is 5.55. The molecule has 20 heavy (non-hydrogen) atoms. The Labute approximate surface area is 116 Å². The molecule has 0 saturated carbocycles. The summed E-state index contributed by atoms with van der Waals surface area (Å²) < 4.78 is 25.0. The van der Waals surface area contributed by atoms with Gasteiger partial charge in [0.15, 0.2) is 5.03 Å². The van der Waals surface area contributed by atoms with E-state index in [4.69, 9.17) is 5.84 Å². The molecule has 108 valence electrons. The number of nitrogens with two attached hydrogens (primary N) is 1. The van der Waals surface area contributed by atoms with Crippen molar-refractivity contribution in [2.75, 3.05) is 6.54 Å². The average Bonchev–Trinajstić information content (AvgIpc) is 2.64. The van der Waals surface area contributed by atoms with Gasteiger partial charge in [-0.2, -0.15) is 8.42 Å². The topological polar surface area (TPSA) is 122 Å². The summed E-state index contributed by atoms with van der Waals surface area (Å²) in [6.07, 6.45) is 2.33. The molecule has 0 radical (unpaired) electrons. The number of nitrogens with one attached hydrogen (secondary N) is 1. The Hall–Kier alpha value is -2.00. The molecule has 1 aliphatic rings. The molecule has 1 aliphatic heterocycles. The van der Waals surface area contributed by atoms with Crippen molar-refractivity contribution >= 4 is 21.8 Å². The Morgan fingerprint density at radius 2 is 2.15 bits per heavy atom. The van der Waals surface area contributed by atoms with Crippen molar-refractivity contribution in [1.29, 1.82) is 0 Å². The molecule has 2 rings (SSSR count). The number of fused-ring (bicyclic) bond motifs is 1. The monoisotopic (exact) mass is 298 g/mol. The van der Waals surface area contributed by atoms with Gasteiger partial charge >= 0.3 is 0 Å². The first kappa shape index (κ1) is 14.4. The first-order valence-electron chi connectivity index (χ1n) is 6.00. The van der Waals surface area contributed by atoms with E-state index < -0.39 is 15.9 Å². The molecule has 0 fully saturated rings. The fourth-order valence-electron chi connectivity index (χ4n) is 1.94. The van der Waals surface area contributed by atoms with Gasteiger partial charge in [0.05, 0.1) is 5.56 Å². The second-order valence-electron chi connectivity index (χ2n) is 4.26. The van der Waals surface area contributed by atoms with Crippen molar-refractivity contribution in [2.45, 2.75) is 24.3 Å². The molecular weight excluding hydrogens is 284 g/mol. The number of rotatable bonds is 5. The number of hydrazine groups is 1. The summed E-state index contributed by atoms with van der Waals surface area (Å²) >= 11 is 0. The normalized spacial score (nSPS) is 16.1. The smallest absolute Gasteiger partial charge is 0.285 e. The standard InChI is InChI=1S/C11H14N4O4S/c12-14-9(16)5-1-2-7-15-11(17)8-4-3-6-13-10(8)20(15,18)19/h3-4,6H,1-2,5,7,12H2,(H,14,16). The average molecular weight is 298 g/mol. The van der Waals surface area contributed by atoms with Crippen LogP contribution >= 0.6 is 0 Å². The zero-order valence-corrected chi connectivity index (χ0v) is 11.4. The van der Waals surface area contributed by atoms with Gasteiger partial charge in [-0.05, 0) is 25.0 Å². The molecule has 0 aliphatic carbocycles. The van der Waals surface area contributed by atoms with Gasteiger partial charge in [0, 0.05) is 19.2 Å². The van der Waals surface area contributed by atoms with Crippen molar-refractivity contribution in [3.05, 3.63) is 23.9 Å². The fourth-order valence-corrected chi connectivity index (χ4v) is 3.46. The van der Waals surface area contributed by atoms with E-state index in [-0.39, 0.29) is 29.5 Å². The van der Waals surface area contributed by atoms with Gasteiger partial charge in [0.1, 0.15) is 0 Å². The van der Waals surface area contributed by atoms with Crippen molar-refractivity contribution in [2.24, 2.45) is 5.84 Å². The number of carbonyl (C=O) groups is 2. The third-order valence-electron chi connectivity index (χ3n) is 2.94. The van der Waals surface area contributed by atoms with Gasteiger partial charge in [-0.25, -0.2) is 15.1 Å². The van der Waals surface area contributed by atoms with Crippen LogP contribution in [0.2, 0.25) is 0 Å². The molecule has 0 aromatic carbocycles. The summed E-state index contributed by atoms with van der Waals surface area (Å²) in [4.78, 5) is 26.7. The summed E-state index contributed by atoms with van der Waals surface area (Å²) in [5, 5.41) is -0.204. The maximum atomic E-state index is 12.1. The Kier molecular flexibility index (Phi) is 4.00. The van der Waals surface area contributed by atoms with Gasteiger partial charge in [0.2, 0.25) is 5.91 Å². The SMILES string of the molecule is NNC(=O)CCCCN1C(=O)c2cccnc2S1(=O)=O. The van der Waals surface area contributed by atoms with E-state index >= 15 is 0 Å². The van der Waals surface area contributed by atoms with E-state index in [1.54, 1.807) is 0 Å². The molecule has 0 atom stereocenters. The van der Waals surface area contributed by atoms with Crippen LogP contribution in [0.25, 0.3) is 0 Å². The predicted molar refractivity (Wildman–Crippen MR) is 68.6 cm³/mol. The van der Waals surface area contributed by atoms with E-state index in [2.05, 4.69) is 4.98 Å². The number of aromatic nitrogens is 1. The highest BCUT2D eigenvalue weighted by molar-refractivity contribution is 7.90. The van der Waals surface area contributed by atoms with E-state index in [0.29, 0.717) is 12.8 Å². The minimum Gasteiger partial charge on any atom is -0.294 e. The van der Waals surface area contributed by atoms with Crippen LogP contribution in [0, 0.1) is 0 Å². The van der Waals surface area contributed by atoms with Crippen LogP contribution in [0.5, 0.6) is 0 Å². The Morgan fingerprint density at radius 3 is 2.80 bits per heavy atom. The first-order chi connectivity index (χ1) is 9.48. The summed E-state index contributed by atoms with van der Waals surface area (Å²) in [6.45, 7) is 0.0232. The quantitative estimate of drug-likeness (QED) is 0.323. The summed E-state index contributed by atoms with van der Waals surface area (Å²) in [5.74, 6) is 4.03. The van der Waals surface area contributed by atoms with Gasteiger partial charge in [-0.15, -0.1) is 0 Å². The van der Waals surface area contributed by atoms with Crippen molar-refractivity contribution in [1.82, 2.24) is 14.7 Å². The Bertz CT molecular complexity index is 644. The Morgan fingerprint density at radius 1 is 1.40 bits per heavy atom. The van der Waals surface area contributed by atoms with Crippen molar-refractivity contribution in [3.63, 3.8) is 0 Å². The van der Waals surface area contributed by atoms with Crippen LogP contribution in [0.15, 0.2) is 23.4 Å². The number of pyridine rings is 1. The number of hydrogen-bond acceptors (Lipinski definition) is 6. The third kappa shape index (κ3) is 2.49. The molecule has 0 bridgehead atoms. The lowest BCUT2D eigenvalue weighted by Crippen LogP contribution is -2.32. The van der Waals surface area contributed by atoms with Crippen molar-refractivity contribution in [3.8, 4) is 0 Å². The highest BCUT2D eigenvalue weighted by Gasteiger charge is 2.41. The highest BCUT2D eigenvalue weighted by atomic mass is 32.2. The van der Waals surface area contributed by atoms with Gasteiger partial charge in [-0.1, -0.05) is 0 Å². The largest absolute Gasteiger partial charge is 0.294 e. The second-order valence-corrected chi connectivity index (χ2v) is 6.04. The number of amides is 2. The lowest BCUT2D eigenvalue weighted by Gasteiger charge is -2.14. The molecule has 3 N–H and O–H groups in total. The lowest BCUT2D eigenvalue weighted by atomic mass is 10.2. The molecule has 1 aromatic rings. The maximum absolute atomic E-state index is 12.1. The minimum absolute atomic E-state index is 0.0232. The first-order valence-corrected chi connectivity index (χ1v) is 7.44. The number of sulfonamides is 1. The van der Waals surface area contributed by atoms with Gasteiger partial charge < -0.3 is 0 Å². The van der Waals surface area contributed by atoms with Gasteiger partial charge in [0.25, 0.3) is 15.9 Å². The van der Waals surface area contributed by atoms with E-state index in [0.717, 1.165) is 4.31 Å². The molecule has 0 spiro atoms. The zero-order chi connectivity index (χ0) is 14.8. The Balaban J connectivity index is 2.04. The lowest BCUT2D eigenvalue weighted by molar-refractivity contribution is -0.121. The number of hydrogen-bond donors (Lipinski definition) is 2. The molecule has 8 nitrogen and oxygen atoms in total. The fraction of sp³-hybridized carbons (Fsp3) is 0.364. The van der Waals surface area contributed by atoms with Crippen LogP contribution in [0.4, 0.5) is 0 Å². The maximum Gasteiger partial charge on any atom is 0.285 e.